The Morgan fingerprint density at radius 1 is 1.44 bits per heavy atom. The van der Waals surface area contributed by atoms with Crippen LogP contribution in [0.15, 0.2) is 36.7 Å². The van der Waals surface area contributed by atoms with Crippen molar-refractivity contribution in [3.8, 4) is 12.3 Å². The second-order valence-corrected chi connectivity index (χ2v) is 8.16. The molecule has 0 aliphatic rings. The SMILES string of the molecule is C#Cc1ccc([AsH]c2cnccc2C(=O)NOCC(O)CO)c(Cl)c1. The van der Waals surface area contributed by atoms with E-state index in [2.05, 4.69) is 16.4 Å². The van der Waals surface area contributed by atoms with E-state index >= 15 is 0 Å². The van der Waals surface area contributed by atoms with E-state index in [9.17, 15) is 9.90 Å². The van der Waals surface area contributed by atoms with Crippen LogP contribution < -0.4 is 14.2 Å². The van der Waals surface area contributed by atoms with Crippen LogP contribution in [0.2, 0.25) is 5.02 Å². The number of halogens is 1. The number of nitrogens with one attached hydrogen (secondary N) is 1. The fourth-order valence-electron chi connectivity index (χ4n) is 1.85. The number of aromatic nitrogens is 1. The Bertz CT molecular complexity index is 794. The van der Waals surface area contributed by atoms with Gasteiger partial charge in [0.05, 0.1) is 0 Å². The molecule has 130 valence electrons. The summed E-state index contributed by atoms with van der Waals surface area (Å²) in [6.45, 7) is -0.660. The molecule has 8 heteroatoms. The van der Waals surface area contributed by atoms with Crippen molar-refractivity contribution in [3.63, 3.8) is 0 Å². The Labute approximate surface area is 156 Å². The van der Waals surface area contributed by atoms with Crippen molar-refractivity contribution in [1.82, 2.24) is 10.5 Å². The average molecular weight is 423 g/mol. The summed E-state index contributed by atoms with van der Waals surface area (Å²) in [6.07, 6.45) is 7.44. The third kappa shape index (κ3) is 5.57. The number of carbonyl (C=O) groups excluding carboxylic acids is 1. The van der Waals surface area contributed by atoms with E-state index in [0.717, 1.165) is 8.70 Å². The zero-order valence-corrected chi connectivity index (χ0v) is 15.9. The second kappa shape index (κ2) is 9.57. The number of pyridine rings is 1. The van der Waals surface area contributed by atoms with Crippen LogP contribution in [0.5, 0.6) is 0 Å². The molecule has 2 unspecified atom stereocenters. The molecule has 6 nitrogen and oxygen atoms in total. The molecule has 2 rings (SSSR count). The van der Waals surface area contributed by atoms with Crippen molar-refractivity contribution < 1.29 is 19.8 Å². The number of nitrogens with zero attached hydrogens (tertiary/aromatic N) is 1. The molecular formula is C17H16AsClN2O4. The third-order valence-electron chi connectivity index (χ3n) is 3.12. The molecule has 0 spiro atoms. The number of rotatable bonds is 7. The van der Waals surface area contributed by atoms with Crippen molar-refractivity contribution in [2.24, 2.45) is 0 Å². The molecule has 0 aliphatic carbocycles. The number of carbonyl (C=O) groups is 1. The Morgan fingerprint density at radius 2 is 2.24 bits per heavy atom. The van der Waals surface area contributed by atoms with Crippen LogP contribution in [0.3, 0.4) is 0 Å². The van der Waals surface area contributed by atoms with Gasteiger partial charge in [0.1, 0.15) is 0 Å². The number of terminal acetylenes is 1. The predicted octanol–water partition coefficient (Wildman–Crippen LogP) is -0.882. The van der Waals surface area contributed by atoms with Gasteiger partial charge in [-0.25, -0.2) is 0 Å². The number of amides is 1. The maximum atomic E-state index is 12.3. The fraction of sp³-hybridized carbons (Fsp3) is 0.176. The van der Waals surface area contributed by atoms with E-state index in [1.54, 1.807) is 24.4 Å². The van der Waals surface area contributed by atoms with E-state index in [-0.39, 0.29) is 6.61 Å². The van der Waals surface area contributed by atoms with Crippen LogP contribution in [-0.4, -0.2) is 56.2 Å². The van der Waals surface area contributed by atoms with Crippen LogP contribution in [0, 0.1) is 12.3 Å². The van der Waals surface area contributed by atoms with Gasteiger partial charge in [-0.1, -0.05) is 0 Å². The summed E-state index contributed by atoms with van der Waals surface area (Å²) in [5.74, 6) is 2.07. The molecule has 0 saturated heterocycles. The van der Waals surface area contributed by atoms with Gasteiger partial charge in [-0.3, -0.25) is 0 Å². The molecule has 3 N–H and O–H groups in total. The maximum absolute atomic E-state index is 12.3. The molecule has 1 heterocycles. The summed E-state index contributed by atoms with van der Waals surface area (Å²) in [6, 6.07) is 6.97. The molecule has 2 atom stereocenters. The zero-order chi connectivity index (χ0) is 18.2. The summed E-state index contributed by atoms with van der Waals surface area (Å²) >= 11 is 5.34. The first-order valence-corrected chi connectivity index (χ1v) is 9.71. The molecule has 1 aromatic carbocycles. The van der Waals surface area contributed by atoms with Gasteiger partial charge < -0.3 is 0 Å². The van der Waals surface area contributed by atoms with Gasteiger partial charge >= 0.3 is 157 Å². The molecule has 0 saturated carbocycles. The van der Waals surface area contributed by atoms with Gasteiger partial charge in [0.25, 0.3) is 0 Å². The minimum absolute atomic E-state index is 0.210. The number of benzene rings is 1. The van der Waals surface area contributed by atoms with Crippen LogP contribution in [0.25, 0.3) is 0 Å². The molecule has 0 fully saturated rings. The predicted molar refractivity (Wildman–Crippen MR) is 96.6 cm³/mol. The molecule has 0 radical (unpaired) electrons. The Hall–Kier alpha value is -1.87. The van der Waals surface area contributed by atoms with Gasteiger partial charge in [0.2, 0.25) is 0 Å². The minimum atomic E-state index is -1.06. The van der Waals surface area contributed by atoms with Crippen LogP contribution in [0.1, 0.15) is 15.9 Å². The molecular weight excluding hydrogens is 407 g/mol. The first-order chi connectivity index (χ1) is 12.0. The van der Waals surface area contributed by atoms with E-state index in [0.29, 0.717) is 16.1 Å². The third-order valence-corrected chi connectivity index (χ3v) is 6.65. The monoisotopic (exact) mass is 422 g/mol. The van der Waals surface area contributed by atoms with E-state index in [4.69, 9.17) is 28.0 Å². The van der Waals surface area contributed by atoms with Crippen LogP contribution >= 0.6 is 11.6 Å². The number of aliphatic hydroxyl groups excluding tert-OH is 2. The van der Waals surface area contributed by atoms with E-state index in [1.807, 2.05) is 6.07 Å². The fourth-order valence-corrected chi connectivity index (χ4v) is 4.63. The van der Waals surface area contributed by atoms with Gasteiger partial charge in [0, 0.05) is 0 Å². The first-order valence-electron chi connectivity index (χ1n) is 7.23. The molecule has 2 aromatic rings. The molecule has 25 heavy (non-hydrogen) atoms. The summed E-state index contributed by atoms with van der Waals surface area (Å²) in [5.41, 5.74) is 3.36. The van der Waals surface area contributed by atoms with Crippen molar-refractivity contribution in [1.29, 1.82) is 0 Å². The van der Waals surface area contributed by atoms with Gasteiger partial charge in [-0.05, 0) is 0 Å². The van der Waals surface area contributed by atoms with E-state index in [1.165, 1.54) is 6.20 Å². The normalized spacial score (nSPS) is 12.1. The van der Waals surface area contributed by atoms with Crippen molar-refractivity contribution >= 4 is 42.0 Å². The molecule has 0 bridgehead atoms. The number of aliphatic hydroxyl groups is 2. The Morgan fingerprint density at radius 3 is 2.92 bits per heavy atom. The molecule has 1 amide bonds. The number of hydroxylamine groups is 1. The molecule has 1 aromatic heterocycles. The first kappa shape index (κ1) is 19.5. The summed E-state index contributed by atoms with van der Waals surface area (Å²) in [4.78, 5) is 21.2. The Kier molecular flexibility index (Phi) is 7.45. The summed E-state index contributed by atoms with van der Waals surface area (Å²) in [7, 11) is 0. The van der Waals surface area contributed by atoms with Gasteiger partial charge in [-0.15, -0.1) is 0 Å². The average Bonchev–Trinajstić information content (AvgIpc) is 2.63. The van der Waals surface area contributed by atoms with Crippen molar-refractivity contribution in [2.75, 3.05) is 13.2 Å². The van der Waals surface area contributed by atoms with Gasteiger partial charge in [-0.2, -0.15) is 0 Å². The van der Waals surface area contributed by atoms with Crippen molar-refractivity contribution in [2.45, 2.75) is 6.10 Å². The quantitative estimate of drug-likeness (QED) is 0.306. The van der Waals surface area contributed by atoms with Crippen LogP contribution in [-0.2, 0) is 4.84 Å². The van der Waals surface area contributed by atoms with Crippen LogP contribution in [0.4, 0.5) is 0 Å². The number of hydrogen-bond donors (Lipinski definition) is 3. The summed E-state index contributed by atoms with van der Waals surface area (Å²) < 4.78 is 1.71. The molecule has 0 aliphatic heterocycles. The number of hydrogen-bond acceptors (Lipinski definition) is 5. The van der Waals surface area contributed by atoms with Crippen molar-refractivity contribution in [3.05, 3.63) is 52.8 Å². The van der Waals surface area contributed by atoms with E-state index < -0.39 is 34.4 Å². The standard InChI is InChI=1S/C17H16AsClN2O4/c1-2-11-3-4-14(16(19)7-11)18-15-8-20-6-5-13(15)17(24)21-25-10-12(23)9-22/h1,3-8,12,18,22-23H,9-10H2,(H,21,24). The topological polar surface area (TPSA) is 91.7 Å². The van der Waals surface area contributed by atoms with Gasteiger partial charge in [0.15, 0.2) is 0 Å². The Balaban J connectivity index is 2.12. The second-order valence-electron chi connectivity index (χ2n) is 4.96. The summed E-state index contributed by atoms with van der Waals surface area (Å²) in [5, 5.41) is 18.5. The zero-order valence-electron chi connectivity index (χ0n) is 13.1.